The average Bonchev–Trinajstić information content (AvgIpc) is 3.23. The maximum Gasteiger partial charge on any atom is 0.416 e. The van der Waals surface area contributed by atoms with Crippen LogP contribution in [0.5, 0.6) is 0 Å². The van der Waals surface area contributed by atoms with Crippen molar-refractivity contribution in [1.82, 2.24) is 9.88 Å². The Morgan fingerprint density at radius 1 is 1.12 bits per heavy atom. The summed E-state index contributed by atoms with van der Waals surface area (Å²) in [6, 6.07) is 16.3. The third kappa shape index (κ3) is 4.41. The predicted molar refractivity (Wildman–Crippen MR) is 128 cm³/mol. The summed E-state index contributed by atoms with van der Waals surface area (Å²) in [5.74, 6) is -0.121. The Hall–Kier alpha value is -3.28. The minimum absolute atomic E-state index is 0.136. The number of hydrogen-bond donors (Lipinski definition) is 0. The second-order valence-corrected chi connectivity index (χ2v) is 9.59. The third-order valence-electron chi connectivity index (χ3n) is 7.56. The molecule has 5 rings (SSSR count). The second kappa shape index (κ2) is 9.53. The van der Waals surface area contributed by atoms with E-state index in [0.29, 0.717) is 12.3 Å². The van der Waals surface area contributed by atoms with Gasteiger partial charge in [0.25, 0.3) is 0 Å². The van der Waals surface area contributed by atoms with Crippen molar-refractivity contribution in [3.05, 3.63) is 77.7 Å². The lowest BCUT2D eigenvalue weighted by molar-refractivity contribution is -0.135. The Balaban J connectivity index is 1.26. The average molecular weight is 461 g/mol. The van der Waals surface area contributed by atoms with Crippen LogP contribution in [0.3, 0.4) is 0 Å². The van der Waals surface area contributed by atoms with E-state index in [1.54, 1.807) is 18.3 Å². The van der Waals surface area contributed by atoms with Crippen LogP contribution >= 0.6 is 0 Å². The lowest BCUT2D eigenvalue weighted by atomic mass is 9.73. The van der Waals surface area contributed by atoms with Crippen molar-refractivity contribution in [3.63, 3.8) is 0 Å². The quantitative estimate of drug-likeness (QED) is 0.478. The van der Waals surface area contributed by atoms with Gasteiger partial charge in [0.15, 0.2) is 0 Å². The van der Waals surface area contributed by atoms with Gasteiger partial charge in [0.05, 0.1) is 11.6 Å². The molecule has 2 aromatic carbocycles. The molecule has 2 amide bonds. The van der Waals surface area contributed by atoms with Gasteiger partial charge in [0, 0.05) is 17.5 Å². The zero-order valence-electron chi connectivity index (χ0n) is 19.3. The molecular formula is C28H29FN2O3. The number of imide groups is 1. The molecule has 6 heteroatoms. The number of hydrogen-bond acceptors (Lipinski definition) is 4. The minimum Gasteiger partial charge on any atom is -0.447 e. The summed E-state index contributed by atoms with van der Waals surface area (Å²) in [6.07, 6.45) is 5.50. The zero-order chi connectivity index (χ0) is 23.7. The van der Waals surface area contributed by atoms with Crippen molar-refractivity contribution in [1.29, 1.82) is 0 Å². The van der Waals surface area contributed by atoms with E-state index in [1.807, 2.05) is 43.3 Å². The van der Waals surface area contributed by atoms with Crippen molar-refractivity contribution in [2.45, 2.75) is 51.0 Å². The van der Waals surface area contributed by atoms with Gasteiger partial charge in [-0.1, -0.05) is 37.3 Å². The van der Waals surface area contributed by atoms with Crippen LogP contribution in [-0.4, -0.2) is 34.5 Å². The number of carbonyl (C=O) groups excluding carboxylic acids is 2. The molecule has 1 aliphatic heterocycles. The van der Waals surface area contributed by atoms with E-state index in [9.17, 15) is 14.0 Å². The van der Waals surface area contributed by atoms with Crippen LogP contribution < -0.4 is 0 Å². The maximum absolute atomic E-state index is 13.9. The first-order valence-electron chi connectivity index (χ1n) is 12.1. The summed E-state index contributed by atoms with van der Waals surface area (Å²) in [5, 5.41) is 0.874. The number of benzene rings is 2. The molecule has 2 aliphatic rings. The van der Waals surface area contributed by atoms with E-state index in [-0.39, 0.29) is 36.2 Å². The third-order valence-corrected chi connectivity index (χ3v) is 7.56. The summed E-state index contributed by atoms with van der Waals surface area (Å²) in [7, 11) is 0. The smallest absolute Gasteiger partial charge is 0.416 e. The van der Waals surface area contributed by atoms with Crippen molar-refractivity contribution in [3.8, 4) is 0 Å². The Labute approximate surface area is 198 Å². The van der Waals surface area contributed by atoms with Crippen LogP contribution in [-0.2, 0) is 16.0 Å². The van der Waals surface area contributed by atoms with Gasteiger partial charge in [0.2, 0.25) is 5.91 Å². The second-order valence-electron chi connectivity index (χ2n) is 9.59. The Bertz CT molecular complexity index is 1190. The molecule has 0 bridgehead atoms. The molecule has 2 fully saturated rings. The summed E-state index contributed by atoms with van der Waals surface area (Å²) in [5.41, 5.74) is 3.02. The van der Waals surface area contributed by atoms with Crippen molar-refractivity contribution < 1.29 is 18.7 Å². The first kappa shape index (κ1) is 22.5. The van der Waals surface area contributed by atoms with E-state index >= 15 is 0 Å². The van der Waals surface area contributed by atoms with Gasteiger partial charge in [-0.25, -0.2) is 14.1 Å². The predicted octanol–water partition coefficient (Wildman–Crippen LogP) is 5.87. The number of carbonyl (C=O) groups is 2. The topological polar surface area (TPSA) is 59.5 Å². The van der Waals surface area contributed by atoms with Crippen molar-refractivity contribution in [2.75, 3.05) is 6.61 Å². The molecule has 0 N–H and O–H groups in total. The Kier molecular flexibility index (Phi) is 6.31. The minimum atomic E-state index is -0.531. The monoisotopic (exact) mass is 460 g/mol. The highest BCUT2D eigenvalue weighted by Crippen LogP contribution is 2.41. The molecule has 1 saturated carbocycles. The van der Waals surface area contributed by atoms with Crippen LogP contribution in [0.1, 0.15) is 49.7 Å². The summed E-state index contributed by atoms with van der Waals surface area (Å²) in [6.45, 7) is 2.18. The van der Waals surface area contributed by atoms with E-state index in [4.69, 9.17) is 4.74 Å². The standard InChI is InChI=1S/C28H29FN2O3/c1-18(27(32)31-23(17-34-28(31)33)15-19-5-3-2-4-6-19)20-7-9-21(10-8-20)24-13-14-30-26-12-11-22(29)16-25(24)26/h2-6,11-14,16,18,20-21,23H,7-10,15,17H2,1H3/t18-,20?,21?,23?/m1/s1. The summed E-state index contributed by atoms with van der Waals surface area (Å²) < 4.78 is 19.1. The van der Waals surface area contributed by atoms with Gasteiger partial charge in [-0.05, 0) is 79.3 Å². The number of pyridine rings is 1. The van der Waals surface area contributed by atoms with Gasteiger partial charge in [0.1, 0.15) is 12.4 Å². The van der Waals surface area contributed by atoms with Crippen molar-refractivity contribution >= 4 is 22.9 Å². The lowest BCUT2D eigenvalue weighted by Crippen LogP contribution is -2.45. The van der Waals surface area contributed by atoms with Gasteiger partial charge in [-0.3, -0.25) is 9.78 Å². The van der Waals surface area contributed by atoms with Gasteiger partial charge < -0.3 is 4.74 Å². The molecule has 176 valence electrons. The number of amides is 2. The first-order chi connectivity index (χ1) is 16.5. The number of nitrogens with zero attached hydrogens (tertiary/aromatic N) is 2. The van der Waals surface area contributed by atoms with Crippen LogP contribution in [0.15, 0.2) is 60.8 Å². The summed E-state index contributed by atoms with van der Waals surface area (Å²) >= 11 is 0. The first-order valence-corrected chi connectivity index (χ1v) is 12.1. The number of cyclic esters (lactones) is 1. The Morgan fingerprint density at radius 3 is 2.65 bits per heavy atom. The van der Waals surface area contributed by atoms with Crippen molar-refractivity contribution in [2.24, 2.45) is 11.8 Å². The molecule has 2 atom stereocenters. The molecule has 1 aromatic heterocycles. The number of halogens is 1. The highest BCUT2D eigenvalue weighted by molar-refractivity contribution is 5.94. The highest BCUT2D eigenvalue weighted by atomic mass is 19.1. The largest absolute Gasteiger partial charge is 0.447 e. The molecule has 0 radical (unpaired) electrons. The normalized spacial score (nSPS) is 23.6. The fourth-order valence-electron chi connectivity index (χ4n) is 5.61. The van der Waals surface area contributed by atoms with Gasteiger partial charge in [-0.2, -0.15) is 0 Å². The van der Waals surface area contributed by atoms with Crippen LogP contribution in [0, 0.1) is 17.7 Å². The lowest BCUT2D eigenvalue weighted by Gasteiger charge is -2.34. The molecule has 34 heavy (non-hydrogen) atoms. The molecule has 1 saturated heterocycles. The number of ether oxygens (including phenoxy) is 1. The highest BCUT2D eigenvalue weighted by Gasteiger charge is 2.42. The molecule has 2 heterocycles. The molecule has 1 unspecified atom stereocenters. The summed E-state index contributed by atoms with van der Waals surface area (Å²) in [4.78, 5) is 31.6. The van der Waals surface area contributed by atoms with Gasteiger partial charge >= 0.3 is 6.09 Å². The van der Waals surface area contributed by atoms with E-state index in [0.717, 1.165) is 47.7 Å². The molecular weight excluding hydrogens is 431 g/mol. The fraction of sp³-hybridized carbons (Fsp3) is 0.393. The number of fused-ring (bicyclic) bond motifs is 1. The number of rotatable bonds is 5. The van der Waals surface area contributed by atoms with Crippen LogP contribution in [0.4, 0.5) is 9.18 Å². The fourth-order valence-corrected chi connectivity index (χ4v) is 5.61. The Morgan fingerprint density at radius 2 is 1.88 bits per heavy atom. The zero-order valence-corrected chi connectivity index (χ0v) is 19.3. The molecule has 3 aromatic rings. The maximum atomic E-state index is 13.9. The van der Waals surface area contributed by atoms with Crippen LogP contribution in [0.2, 0.25) is 0 Å². The van der Waals surface area contributed by atoms with E-state index in [2.05, 4.69) is 4.98 Å². The SMILES string of the molecule is C[C@@H](C(=O)N1C(=O)OCC1Cc1ccccc1)C1CCC(c2ccnc3ccc(F)cc23)CC1. The molecule has 0 spiro atoms. The van der Waals surface area contributed by atoms with Crippen LogP contribution in [0.25, 0.3) is 10.9 Å². The van der Waals surface area contributed by atoms with Gasteiger partial charge in [-0.15, -0.1) is 0 Å². The molecule has 1 aliphatic carbocycles. The number of aromatic nitrogens is 1. The molecule has 5 nitrogen and oxygen atoms in total. The van der Waals surface area contributed by atoms with E-state index < -0.39 is 6.09 Å². The van der Waals surface area contributed by atoms with E-state index in [1.165, 1.54) is 11.0 Å².